The van der Waals surface area contributed by atoms with Crippen LogP contribution in [0.5, 0.6) is 0 Å². The number of carboxylic acid groups (broad SMARTS) is 1. The number of alkyl halides is 2. The summed E-state index contributed by atoms with van der Waals surface area (Å²) in [7, 11) is 2.02. The van der Waals surface area contributed by atoms with Crippen LogP contribution in [-0.2, 0) is 23.4 Å². The van der Waals surface area contributed by atoms with Gasteiger partial charge in [-0.05, 0) is 49.5 Å². The molecule has 2 atom stereocenters. The van der Waals surface area contributed by atoms with Crippen LogP contribution in [0, 0.1) is 5.92 Å². The van der Waals surface area contributed by atoms with Gasteiger partial charge in [0.15, 0.2) is 5.60 Å². The molecule has 0 saturated heterocycles. The average Bonchev–Trinajstić information content (AvgIpc) is 3.08. The molecule has 1 aliphatic rings. The predicted molar refractivity (Wildman–Crippen MR) is 111 cm³/mol. The van der Waals surface area contributed by atoms with Crippen LogP contribution in [0.4, 0.5) is 8.78 Å². The molecule has 30 heavy (non-hydrogen) atoms. The van der Waals surface area contributed by atoms with E-state index in [4.69, 9.17) is 0 Å². The van der Waals surface area contributed by atoms with E-state index in [0.29, 0.717) is 12.0 Å². The molecule has 1 saturated carbocycles. The standard InChI is InChI=1S/C24H29F2NO3/c1-27(17-18-8-3-2-4-9-18)15-7-11-19-10-5-6-12-21(19)24(30,22(28)29)20-13-14-23(25,26)16-20/h2-6,8-10,12,20,30H,7,11,13-17H2,1H3,(H,28,29)/t20-,24-/m1/s1. The van der Waals surface area contributed by atoms with Gasteiger partial charge in [-0.25, -0.2) is 13.6 Å². The van der Waals surface area contributed by atoms with E-state index < -0.39 is 29.8 Å². The number of aryl methyl sites for hydroxylation is 1. The van der Waals surface area contributed by atoms with E-state index in [2.05, 4.69) is 17.0 Å². The Balaban J connectivity index is 1.70. The zero-order chi connectivity index (χ0) is 21.8. The molecule has 0 radical (unpaired) electrons. The van der Waals surface area contributed by atoms with Crippen LogP contribution < -0.4 is 0 Å². The third kappa shape index (κ3) is 5.05. The van der Waals surface area contributed by atoms with Gasteiger partial charge in [0.2, 0.25) is 5.92 Å². The lowest BCUT2D eigenvalue weighted by Gasteiger charge is -2.32. The highest BCUT2D eigenvalue weighted by Gasteiger charge is 2.54. The van der Waals surface area contributed by atoms with Gasteiger partial charge in [0, 0.05) is 25.3 Å². The fourth-order valence-corrected chi connectivity index (χ4v) is 4.44. The third-order valence-electron chi connectivity index (χ3n) is 6.03. The Morgan fingerprint density at radius 3 is 2.47 bits per heavy atom. The summed E-state index contributed by atoms with van der Waals surface area (Å²) in [6, 6.07) is 16.9. The Morgan fingerprint density at radius 1 is 1.17 bits per heavy atom. The van der Waals surface area contributed by atoms with Gasteiger partial charge in [-0.3, -0.25) is 0 Å². The summed E-state index contributed by atoms with van der Waals surface area (Å²) < 4.78 is 27.5. The second-order valence-electron chi connectivity index (χ2n) is 8.35. The van der Waals surface area contributed by atoms with E-state index in [1.807, 2.05) is 25.2 Å². The van der Waals surface area contributed by atoms with Crippen molar-refractivity contribution >= 4 is 5.97 Å². The highest BCUT2D eigenvalue weighted by Crippen LogP contribution is 2.48. The van der Waals surface area contributed by atoms with Gasteiger partial charge >= 0.3 is 5.97 Å². The van der Waals surface area contributed by atoms with Crippen LogP contribution in [0.25, 0.3) is 0 Å². The topological polar surface area (TPSA) is 60.8 Å². The van der Waals surface area contributed by atoms with Crippen molar-refractivity contribution in [2.75, 3.05) is 13.6 Å². The Kier molecular flexibility index (Phi) is 6.88. The van der Waals surface area contributed by atoms with Crippen LogP contribution in [0.3, 0.4) is 0 Å². The molecule has 0 unspecified atom stereocenters. The summed E-state index contributed by atoms with van der Waals surface area (Å²) in [6.45, 7) is 1.59. The second kappa shape index (κ2) is 9.23. The number of halogens is 2. The SMILES string of the molecule is CN(CCCc1ccccc1[C@@](O)(C(=O)O)[C@@H]1CCC(F)(F)C1)Cc1ccccc1. The van der Waals surface area contributed by atoms with Gasteiger partial charge < -0.3 is 15.1 Å². The fraction of sp³-hybridized carbons (Fsp3) is 0.458. The number of aliphatic hydroxyl groups is 1. The van der Waals surface area contributed by atoms with E-state index in [1.54, 1.807) is 24.3 Å². The molecule has 6 heteroatoms. The normalized spacial score (nSPS) is 20.2. The lowest BCUT2D eigenvalue weighted by molar-refractivity contribution is -0.167. The lowest BCUT2D eigenvalue weighted by Crippen LogP contribution is -2.43. The monoisotopic (exact) mass is 417 g/mol. The summed E-state index contributed by atoms with van der Waals surface area (Å²) in [5.41, 5.74) is -0.147. The van der Waals surface area contributed by atoms with Crippen LogP contribution >= 0.6 is 0 Å². The zero-order valence-corrected chi connectivity index (χ0v) is 17.2. The van der Waals surface area contributed by atoms with Crippen molar-refractivity contribution in [1.29, 1.82) is 0 Å². The first kappa shape index (κ1) is 22.4. The molecular formula is C24H29F2NO3. The van der Waals surface area contributed by atoms with Gasteiger partial charge in [0.1, 0.15) is 0 Å². The molecule has 1 aliphatic carbocycles. The summed E-state index contributed by atoms with van der Waals surface area (Å²) in [5, 5.41) is 20.9. The van der Waals surface area contributed by atoms with Crippen molar-refractivity contribution in [1.82, 2.24) is 4.90 Å². The number of hydrogen-bond donors (Lipinski definition) is 2. The van der Waals surface area contributed by atoms with E-state index in [1.165, 1.54) is 5.56 Å². The molecule has 3 rings (SSSR count). The Labute approximate surface area is 176 Å². The summed E-state index contributed by atoms with van der Waals surface area (Å²) >= 11 is 0. The fourth-order valence-electron chi connectivity index (χ4n) is 4.44. The van der Waals surface area contributed by atoms with Gasteiger partial charge in [0.25, 0.3) is 0 Å². The first-order chi connectivity index (χ1) is 14.2. The molecule has 1 fully saturated rings. The number of benzene rings is 2. The largest absolute Gasteiger partial charge is 0.479 e. The zero-order valence-electron chi connectivity index (χ0n) is 17.2. The Hall–Kier alpha value is -2.31. The molecule has 0 amide bonds. The second-order valence-corrected chi connectivity index (χ2v) is 8.35. The van der Waals surface area contributed by atoms with Gasteiger partial charge in [-0.2, -0.15) is 0 Å². The van der Waals surface area contributed by atoms with E-state index >= 15 is 0 Å². The number of nitrogens with zero attached hydrogens (tertiary/aromatic N) is 1. The molecule has 0 bridgehead atoms. The minimum Gasteiger partial charge on any atom is -0.479 e. The molecule has 162 valence electrons. The third-order valence-corrected chi connectivity index (χ3v) is 6.03. The highest BCUT2D eigenvalue weighted by molar-refractivity contribution is 5.80. The maximum atomic E-state index is 13.8. The van der Waals surface area contributed by atoms with Gasteiger partial charge in [0.05, 0.1) is 0 Å². The highest BCUT2D eigenvalue weighted by atomic mass is 19.3. The smallest absolute Gasteiger partial charge is 0.340 e. The molecular weight excluding hydrogens is 388 g/mol. The summed E-state index contributed by atoms with van der Waals surface area (Å²) in [4.78, 5) is 14.2. The Morgan fingerprint density at radius 2 is 1.83 bits per heavy atom. The number of carbonyl (C=O) groups is 1. The van der Waals surface area contributed by atoms with Gasteiger partial charge in [-0.15, -0.1) is 0 Å². The van der Waals surface area contributed by atoms with Crippen molar-refractivity contribution in [2.24, 2.45) is 5.92 Å². The number of rotatable bonds is 9. The molecule has 4 nitrogen and oxygen atoms in total. The quantitative estimate of drug-likeness (QED) is 0.633. The van der Waals surface area contributed by atoms with Crippen molar-refractivity contribution in [2.45, 2.75) is 50.2 Å². The number of hydrogen-bond acceptors (Lipinski definition) is 3. The maximum Gasteiger partial charge on any atom is 0.340 e. The first-order valence-corrected chi connectivity index (χ1v) is 10.4. The first-order valence-electron chi connectivity index (χ1n) is 10.4. The van der Waals surface area contributed by atoms with E-state index in [0.717, 1.165) is 19.5 Å². The van der Waals surface area contributed by atoms with E-state index in [9.17, 15) is 23.8 Å². The predicted octanol–water partition coefficient (Wildman–Crippen LogP) is 4.46. The Bertz CT molecular complexity index is 859. The molecule has 0 aliphatic heterocycles. The lowest BCUT2D eigenvalue weighted by atomic mass is 9.77. The van der Waals surface area contributed by atoms with Gasteiger partial charge in [-0.1, -0.05) is 54.6 Å². The molecule has 2 aromatic rings. The van der Waals surface area contributed by atoms with Crippen LogP contribution in [-0.4, -0.2) is 40.6 Å². The molecule has 2 aromatic carbocycles. The van der Waals surface area contributed by atoms with Crippen LogP contribution in [0.1, 0.15) is 42.4 Å². The average molecular weight is 417 g/mol. The molecule has 0 heterocycles. The van der Waals surface area contributed by atoms with Crippen molar-refractivity contribution < 1.29 is 23.8 Å². The van der Waals surface area contributed by atoms with Crippen molar-refractivity contribution in [3.05, 3.63) is 71.3 Å². The number of aliphatic carboxylic acids is 1. The maximum absolute atomic E-state index is 13.8. The number of carboxylic acids is 1. The van der Waals surface area contributed by atoms with Crippen LogP contribution in [0.15, 0.2) is 54.6 Å². The summed E-state index contributed by atoms with van der Waals surface area (Å²) in [5.74, 6) is -5.39. The molecule has 0 aromatic heterocycles. The summed E-state index contributed by atoms with van der Waals surface area (Å²) in [6.07, 6.45) is 0.318. The minimum absolute atomic E-state index is 0.00997. The molecule has 0 spiro atoms. The molecule has 2 N–H and O–H groups in total. The van der Waals surface area contributed by atoms with E-state index in [-0.39, 0.29) is 18.4 Å². The van der Waals surface area contributed by atoms with Crippen molar-refractivity contribution in [3.8, 4) is 0 Å². The van der Waals surface area contributed by atoms with Crippen LogP contribution in [0.2, 0.25) is 0 Å². The van der Waals surface area contributed by atoms with Crippen molar-refractivity contribution in [3.63, 3.8) is 0 Å². The minimum atomic E-state index is -2.93.